The molecule has 8 atom stereocenters. The van der Waals surface area contributed by atoms with Gasteiger partial charge >= 0.3 is 5.97 Å². The Morgan fingerprint density at radius 2 is 1.88 bits per heavy atom. The number of piperidine rings is 1. The number of aliphatic hydroxyl groups excluding tert-OH is 1. The maximum absolute atomic E-state index is 11.8. The first-order valence-electron chi connectivity index (χ1n) is 13.4. The molecule has 4 nitrogen and oxygen atoms in total. The number of allylic oxidation sites excluding steroid dienone is 2. The van der Waals surface area contributed by atoms with E-state index in [9.17, 15) is 15.0 Å². The molecule has 0 aromatic heterocycles. The van der Waals surface area contributed by atoms with E-state index in [2.05, 4.69) is 41.5 Å². The Morgan fingerprint density at radius 1 is 1.19 bits per heavy atom. The third-order valence-corrected chi connectivity index (χ3v) is 10.2. The average Bonchev–Trinajstić information content (AvgIpc) is 3.30. The molecule has 0 spiro atoms. The summed E-state index contributed by atoms with van der Waals surface area (Å²) in [5.41, 5.74) is 3.81. The van der Waals surface area contributed by atoms with E-state index in [4.69, 9.17) is 0 Å². The second-order valence-electron chi connectivity index (χ2n) is 13.0. The Labute approximate surface area is 195 Å². The molecule has 1 aliphatic heterocycles. The number of aliphatic carboxylic acids is 1. The summed E-state index contributed by atoms with van der Waals surface area (Å²) in [4.78, 5) is 13.8. The van der Waals surface area contributed by atoms with Crippen molar-refractivity contribution in [1.29, 1.82) is 0 Å². The van der Waals surface area contributed by atoms with Crippen LogP contribution in [-0.2, 0) is 4.79 Å². The molecule has 1 saturated heterocycles. The number of rotatable bonds is 9. The van der Waals surface area contributed by atoms with E-state index < -0.39 is 18.2 Å². The quantitative estimate of drug-likeness (QED) is 0.421. The van der Waals surface area contributed by atoms with Gasteiger partial charge in [-0.15, -0.1) is 0 Å². The van der Waals surface area contributed by atoms with Gasteiger partial charge in [0.2, 0.25) is 0 Å². The molecule has 4 fully saturated rings. The van der Waals surface area contributed by atoms with Gasteiger partial charge in [0.05, 0.1) is 0 Å². The zero-order chi connectivity index (χ0) is 23.4. The summed E-state index contributed by atoms with van der Waals surface area (Å²) >= 11 is 0. The minimum absolute atomic E-state index is 0.172. The van der Waals surface area contributed by atoms with Crippen LogP contribution in [0.5, 0.6) is 0 Å². The lowest BCUT2D eigenvalue weighted by molar-refractivity contribution is -0.149. The standard InChI is InChI=1S/C28H47NO3/c1-7-17(2)15-28(6,27(3,4)5)24(18-9-8-10-18)21-12-11-19(21)14-23(30)29-16-20-13-22(20)25(29)26(31)32/h17,19-23,25,30H,7-16H2,1-6H3,(H,31,32). The highest BCUT2D eigenvalue weighted by Crippen LogP contribution is 2.60. The fourth-order valence-corrected chi connectivity index (χ4v) is 7.11. The molecule has 0 amide bonds. The Kier molecular flexibility index (Phi) is 6.62. The van der Waals surface area contributed by atoms with Gasteiger partial charge in [0, 0.05) is 6.54 Å². The first-order valence-corrected chi connectivity index (χ1v) is 13.4. The van der Waals surface area contributed by atoms with Crippen LogP contribution in [0.15, 0.2) is 11.1 Å². The van der Waals surface area contributed by atoms with Crippen LogP contribution in [-0.4, -0.2) is 39.9 Å². The van der Waals surface area contributed by atoms with E-state index in [0.29, 0.717) is 23.7 Å². The molecule has 1 heterocycles. The topological polar surface area (TPSA) is 60.8 Å². The summed E-state index contributed by atoms with van der Waals surface area (Å²) in [5.74, 6) is 1.77. The molecule has 8 unspecified atom stereocenters. The van der Waals surface area contributed by atoms with Crippen LogP contribution in [0.25, 0.3) is 0 Å². The summed E-state index contributed by atoms with van der Waals surface area (Å²) in [5, 5.41) is 20.9. The van der Waals surface area contributed by atoms with Gasteiger partial charge in [-0.1, -0.05) is 59.1 Å². The van der Waals surface area contributed by atoms with Crippen LogP contribution >= 0.6 is 0 Å². The molecule has 4 aliphatic rings. The van der Waals surface area contributed by atoms with Crippen molar-refractivity contribution >= 4 is 5.97 Å². The van der Waals surface area contributed by atoms with Crippen LogP contribution in [0.3, 0.4) is 0 Å². The van der Waals surface area contributed by atoms with Crippen molar-refractivity contribution < 1.29 is 15.0 Å². The zero-order valence-corrected chi connectivity index (χ0v) is 21.4. The number of hydrogen-bond acceptors (Lipinski definition) is 3. The fourth-order valence-electron chi connectivity index (χ4n) is 7.11. The molecule has 32 heavy (non-hydrogen) atoms. The van der Waals surface area contributed by atoms with Gasteiger partial charge in [0.25, 0.3) is 0 Å². The largest absolute Gasteiger partial charge is 0.480 e. The number of carbonyl (C=O) groups is 1. The highest BCUT2D eigenvalue weighted by atomic mass is 16.4. The summed E-state index contributed by atoms with van der Waals surface area (Å²) in [6.07, 6.45) is 9.82. The average molecular weight is 446 g/mol. The Bertz CT molecular complexity index is 746. The minimum Gasteiger partial charge on any atom is -0.480 e. The molecule has 2 N–H and O–H groups in total. The molecule has 182 valence electrons. The van der Waals surface area contributed by atoms with Gasteiger partial charge in [-0.3, -0.25) is 9.69 Å². The van der Waals surface area contributed by atoms with Gasteiger partial charge in [-0.2, -0.15) is 0 Å². The number of carboxylic acids is 1. The van der Waals surface area contributed by atoms with Crippen LogP contribution < -0.4 is 0 Å². The van der Waals surface area contributed by atoms with E-state index in [1.807, 2.05) is 4.90 Å². The zero-order valence-electron chi connectivity index (χ0n) is 21.4. The third kappa shape index (κ3) is 4.19. The summed E-state index contributed by atoms with van der Waals surface area (Å²) in [7, 11) is 0. The van der Waals surface area contributed by atoms with Crippen molar-refractivity contribution in [3.8, 4) is 0 Å². The molecule has 0 aromatic carbocycles. The van der Waals surface area contributed by atoms with E-state index in [0.717, 1.165) is 19.4 Å². The van der Waals surface area contributed by atoms with Crippen LogP contribution in [0, 0.1) is 40.4 Å². The lowest BCUT2D eigenvalue weighted by Gasteiger charge is -2.54. The SMILES string of the molecule is CCC(C)CC(C)(C(=C1CCC1)C1CCC1CC(O)N1CC2CC2C1C(=O)O)C(C)(C)C. The first kappa shape index (κ1) is 24.3. The molecule has 0 radical (unpaired) electrons. The van der Waals surface area contributed by atoms with Gasteiger partial charge < -0.3 is 10.2 Å². The number of likely N-dealkylation sites (tertiary alicyclic amines) is 1. The van der Waals surface area contributed by atoms with Crippen molar-refractivity contribution in [3.05, 3.63) is 11.1 Å². The first-order chi connectivity index (χ1) is 15.0. The molecule has 4 rings (SSSR count). The van der Waals surface area contributed by atoms with Gasteiger partial charge in [0.1, 0.15) is 12.3 Å². The van der Waals surface area contributed by atoms with Crippen molar-refractivity contribution in [2.24, 2.45) is 40.4 Å². The Balaban J connectivity index is 1.54. The second kappa shape index (κ2) is 8.73. The number of hydrogen-bond donors (Lipinski definition) is 2. The number of carboxylic acid groups (broad SMARTS) is 1. The van der Waals surface area contributed by atoms with E-state index >= 15 is 0 Å². The second-order valence-corrected chi connectivity index (χ2v) is 13.0. The summed E-state index contributed by atoms with van der Waals surface area (Å²) < 4.78 is 0. The van der Waals surface area contributed by atoms with Crippen molar-refractivity contribution in [1.82, 2.24) is 4.90 Å². The Hall–Kier alpha value is -0.870. The number of nitrogens with zero attached hydrogens (tertiary/aromatic N) is 1. The van der Waals surface area contributed by atoms with Gasteiger partial charge in [-0.05, 0) is 91.8 Å². The summed E-state index contributed by atoms with van der Waals surface area (Å²) in [6.45, 7) is 15.3. The predicted octanol–water partition coefficient (Wildman–Crippen LogP) is 6.10. The lowest BCUT2D eigenvalue weighted by Crippen LogP contribution is -2.49. The van der Waals surface area contributed by atoms with Crippen LogP contribution in [0.2, 0.25) is 0 Å². The smallest absolute Gasteiger partial charge is 0.321 e. The monoisotopic (exact) mass is 445 g/mol. The number of fused-ring (bicyclic) bond motifs is 1. The van der Waals surface area contributed by atoms with Gasteiger partial charge in [-0.25, -0.2) is 0 Å². The maximum atomic E-state index is 11.8. The van der Waals surface area contributed by atoms with Gasteiger partial charge in [0.15, 0.2) is 0 Å². The molecule has 0 bridgehead atoms. The molecule has 3 saturated carbocycles. The molecule has 0 aromatic rings. The van der Waals surface area contributed by atoms with E-state index in [1.54, 1.807) is 11.1 Å². The van der Waals surface area contributed by atoms with E-state index in [1.165, 1.54) is 44.9 Å². The maximum Gasteiger partial charge on any atom is 0.321 e. The van der Waals surface area contributed by atoms with Crippen LogP contribution in [0.1, 0.15) is 99.3 Å². The third-order valence-electron chi connectivity index (χ3n) is 10.2. The van der Waals surface area contributed by atoms with Crippen molar-refractivity contribution in [2.75, 3.05) is 6.54 Å². The Morgan fingerprint density at radius 3 is 2.34 bits per heavy atom. The van der Waals surface area contributed by atoms with Crippen molar-refractivity contribution in [2.45, 2.75) is 112 Å². The molecular formula is C28H47NO3. The molecule has 4 heteroatoms. The van der Waals surface area contributed by atoms with Crippen molar-refractivity contribution in [3.63, 3.8) is 0 Å². The van der Waals surface area contributed by atoms with E-state index in [-0.39, 0.29) is 16.7 Å². The molecule has 3 aliphatic carbocycles. The lowest BCUT2D eigenvalue weighted by atomic mass is 9.51. The number of aliphatic hydroxyl groups is 1. The highest BCUT2D eigenvalue weighted by molar-refractivity contribution is 5.75. The minimum atomic E-state index is -0.745. The normalized spacial score (nSPS) is 35.8. The fraction of sp³-hybridized carbons (Fsp3) is 0.893. The highest BCUT2D eigenvalue weighted by Gasteiger charge is 2.57. The predicted molar refractivity (Wildman–Crippen MR) is 129 cm³/mol. The molecular weight excluding hydrogens is 398 g/mol. The summed E-state index contributed by atoms with van der Waals surface area (Å²) in [6, 6.07) is -0.469. The van der Waals surface area contributed by atoms with Crippen LogP contribution in [0.4, 0.5) is 0 Å².